The summed E-state index contributed by atoms with van der Waals surface area (Å²) in [5.74, 6) is 0.418. The van der Waals surface area contributed by atoms with Crippen LogP contribution in [0.4, 0.5) is 0 Å². The summed E-state index contributed by atoms with van der Waals surface area (Å²) >= 11 is 0. The van der Waals surface area contributed by atoms with Crippen molar-refractivity contribution in [3.63, 3.8) is 0 Å². The van der Waals surface area contributed by atoms with E-state index in [2.05, 4.69) is 41.2 Å². The van der Waals surface area contributed by atoms with Gasteiger partial charge < -0.3 is 5.73 Å². The van der Waals surface area contributed by atoms with Crippen LogP contribution in [0, 0.1) is 0 Å². The highest BCUT2D eigenvalue weighted by atomic mass is 15.1. The molecule has 0 fully saturated rings. The highest BCUT2D eigenvalue weighted by molar-refractivity contribution is 5.97. The number of nitrogens with zero attached hydrogens (tertiary/aromatic N) is 2. The summed E-state index contributed by atoms with van der Waals surface area (Å²) in [5.41, 5.74) is 6.67. The number of nitrogens with two attached hydrogens (primary N) is 1. The van der Waals surface area contributed by atoms with Crippen molar-refractivity contribution in [1.29, 1.82) is 0 Å². The summed E-state index contributed by atoms with van der Waals surface area (Å²) in [6.45, 7) is 4.12. The van der Waals surface area contributed by atoms with Gasteiger partial charge in [0.1, 0.15) is 0 Å². The Morgan fingerprint density at radius 3 is 2.80 bits per heavy atom. The third-order valence-electron chi connectivity index (χ3n) is 2.18. The van der Waals surface area contributed by atoms with E-state index in [1.807, 2.05) is 6.92 Å². The van der Waals surface area contributed by atoms with Crippen LogP contribution >= 0.6 is 0 Å². The fourth-order valence-electron chi connectivity index (χ4n) is 1.51. The molecule has 82 valence electrons. The van der Waals surface area contributed by atoms with E-state index in [-0.39, 0.29) is 6.04 Å². The maximum absolute atomic E-state index is 5.59. The van der Waals surface area contributed by atoms with Crippen LogP contribution in [0.1, 0.15) is 33.1 Å². The van der Waals surface area contributed by atoms with Crippen molar-refractivity contribution < 1.29 is 0 Å². The minimum atomic E-state index is 0.272. The maximum atomic E-state index is 5.59. The zero-order valence-electron chi connectivity index (χ0n) is 9.48. The molecule has 2 N–H and O–H groups in total. The molecule has 1 atom stereocenters. The number of rotatable bonds is 4. The van der Waals surface area contributed by atoms with Crippen molar-refractivity contribution in [3.8, 4) is 0 Å². The summed E-state index contributed by atoms with van der Waals surface area (Å²) in [5, 5.41) is 0. The van der Waals surface area contributed by atoms with Gasteiger partial charge in [-0.2, -0.15) is 0 Å². The second-order valence-electron chi connectivity index (χ2n) is 3.69. The molecule has 1 heterocycles. The first kappa shape index (κ1) is 11.7. The quantitative estimate of drug-likeness (QED) is 0.704. The number of guanidine groups is 1. The van der Waals surface area contributed by atoms with Gasteiger partial charge in [0.25, 0.3) is 0 Å². The number of allylic oxidation sites excluding steroid dienone is 3. The molecule has 0 aromatic heterocycles. The lowest BCUT2D eigenvalue weighted by molar-refractivity contribution is 0.702. The van der Waals surface area contributed by atoms with Crippen LogP contribution in [0.3, 0.4) is 0 Å². The number of hydrogen-bond acceptors (Lipinski definition) is 3. The molecule has 0 aromatic rings. The molecular weight excluding hydrogens is 186 g/mol. The molecular formula is C12H19N3. The predicted octanol–water partition coefficient (Wildman–Crippen LogP) is 2.45. The van der Waals surface area contributed by atoms with Gasteiger partial charge in [0, 0.05) is 12.1 Å². The van der Waals surface area contributed by atoms with Crippen LogP contribution in [0.2, 0.25) is 0 Å². The molecule has 3 heteroatoms. The van der Waals surface area contributed by atoms with Gasteiger partial charge in [0.15, 0.2) is 0 Å². The summed E-state index contributed by atoms with van der Waals surface area (Å²) in [4.78, 5) is 8.38. The van der Waals surface area contributed by atoms with Gasteiger partial charge in [-0.25, -0.2) is 9.98 Å². The van der Waals surface area contributed by atoms with Gasteiger partial charge in [-0.3, -0.25) is 0 Å². The lowest BCUT2D eigenvalue weighted by Crippen LogP contribution is -2.23. The van der Waals surface area contributed by atoms with Gasteiger partial charge in [0.05, 0.1) is 6.04 Å². The minimum absolute atomic E-state index is 0.272. The molecule has 1 rings (SSSR count). The molecule has 0 amide bonds. The van der Waals surface area contributed by atoms with Gasteiger partial charge in [-0.15, -0.1) is 0 Å². The maximum Gasteiger partial charge on any atom is 0.215 e. The van der Waals surface area contributed by atoms with E-state index in [1.165, 1.54) is 0 Å². The van der Waals surface area contributed by atoms with Crippen molar-refractivity contribution in [2.75, 3.05) is 0 Å². The monoisotopic (exact) mass is 205 g/mol. The van der Waals surface area contributed by atoms with Crippen molar-refractivity contribution in [2.45, 2.75) is 39.2 Å². The molecule has 3 nitrogen and oxygen atoms in total. The molecule has 0 aliphatic carbocycles. The van der Waals surface area contributed by atoms with Crippen molar-refractivity contribution in [2.24, 2.45) is 15.7 Å². The van der Waals surface area contributed by atoms with E-state index in [4.69, 9.17) is 5.73 Å². The SMILES string of the molecule is CC/C=C\C=C/CC1CC(C)=NC(N)=N1. The zero-order chi connectivity index (χ0) is 11.1. The number of hydrogen-bond donors (Lipinski definition) is 1. The third-order valence-corrected chi connectivity index (χ3v) is 2.18. The Kier molecular flexibility index (Phi) is 4.81. The van der Waals surface area contributed by atoms with Gasteiger partial charge in [-0.05, 0) is 19.8 Å². The Morgan fingerprint density at radius 2 is 2.13 bits per heavy atom. The smallest absolute Gasteiger partial charge is 0.215 e. The molecule has 0 spiro atoms. The van der Waals surface area contributed by atoms with E-state index in [0.29, 0.717) is 5.96 Å². The topological polar surface area (TPSA) is 50.7 Å². The Balaban J connectivity index is 2.38. The summed E-state index contributed by atoms with van der Waals surface area (Å²) in [7, 11) is 0. The highest BCUT2D eigenvalue weighted by Crippen LogP contribution is 2.10. The van der Waals surface area contributed by atoms with Crippen LogP contribution < -0.4 is 5.73 Å². The van der Waals surface area contributed by atoms with Crippen LogP contribution in [0.5, 0.6) is 0 Å². The molecule has 0 aromatic carbocycles. The van der Waals surface area contributed by atoms with E-state index in [0.717, 1.165) is 25.0 Å². The van der Waals surface area contributed by atoms with Crippen LogP contribution in [-0.4, -0.2) is 17.7 Å². The Morgan fingerprint density at radius 1 is 1.40 bits per heavy atom. The second kappa shape index (κ2) is 6.17. The normalized spacial score (nSPS) is 22.1. The van der Waals surface area contributed by atoms with Crippen LogP contribution in [0.25, 0.3) is 0 Å². The fourth-order valence-corrected chi connectivity index (χ4v) is 1.51. The van der Waals surface area contributed by atoms with Crippen molar-refractivity contribution >= 4 is 11.7 Å². The second-order valence-corrected chi connectivity index (χ2v) is 3.69. The highest BCUT2D eigenvalue weighted by Gasteiger charge is 2.12. The molecule has 1 aliphatic rings. The summed E-state index contributed by atoms with van der Waals surface area (Å²) in [6, 6.07) is 0.272. The standard InChI is InChI=1S/C12H19N3/c1-3-4-5-6-7-8-11-9-10(2)14-12(13)15-11/h4-7,11H,3,8-9H2,1-2H3,(H2,13,15)/b5-4-,7-6-. The van der Waals surface area contributed by atoms with Crippen LogP contribution in [0.15, 0.2) is 34.3 Å². The molecule has 1 aliphatic heterocycles. The lowest BCUT2D eigenvalue weighted by Gasteiger charge is -2.14. The number of aliphatic imine (C=N–C) groups is 2. The predicted molar refractivity (Wildman–Crippen MR) is 66.3 cm³/mol. The zero-order valence-corrected chi connectivity index (χ0v) is 9.48. The molecule has 15 heavy (non-hydrogen) atoms. The molecule has 0 saturated heterocycles. The first-order valence-corrected chi connectivity index (χ1v) is 5.41. The average Bonchev–Trinajstić information content (AvgIpc) is 2.16. The largest absolute Gasteiger partial charge is 0.368 e. The van der Waals surface area contributed by atoms with Crippen molar-refractivity contribution in [1.82, 2.24) is 0 Å². The van der Waals surface area contributed by atoms with Crippen LogP contribution in [-0.2, 0) is 0 Å². The summed E-state index contributed by atoms with van der Waals surface area (Å²) < 4.78 is 0. The molecule has 0 bridgehead atoms. The van der Waals surface area contributed by atoms with Crippen molar-refractivity contribution in [3.05, 3.63) is 24.3 Å². The van der Waals surface area contributed by atoms with E-state index >= 15 is 0 Å². The Hall–Kier alpha value is -1.38. The Labute approximate surface area is 91.5 Å². The van der Waals surface area contributed by atoms with Gasteiger partial charge in [-0.1, -0.05) is 31.2 Å². The first-order chi connectivity index (χ1) is 7.22. The lowest BCUT2D eigenvalue weighted by atomic mass is 10.1. The molecule has 0 radical (unpaired) electrons. The minimum Gasteiger partial charge on any atom is -0.368 e. The first-order valence-electron chi connectivity index (χ1n) is 5.41. The van der Waals surface area contributed by atoms with E-state index in [9.17, 15) is 0 Å². The van der Waals surface area contributed by atoms with E-state index in [1.54, 1.807) is 0 Å². The molecule has 0 saturated carbocycles. The van der Waals surface area contributed by atoms with E-state index < -0.39 is 0 Å². The van der Waals surface area contributed by atoms with Gasteiger partial charge in [0.2, 0.25) is 5.96 Å². The Bertz CT molecular complexity index is 311. The van der Waals surface area contributed by atoms with Gasteiger partial charge >= 0.3 is 0 Å². The fraction of sp³-hybridized carbons (Fsp3) is 0.500. The average molecular weight is 205 g/mol. The summed E-state index contributed by atoms with van der Waals surface area (Å²) in [6.07, 6.45) is 11.3. The molecule has 1 unspecified atom stereocenters. The third kappa shape index (κ3) is 4.58.